The number of hydrogen-bond donors (Lipinski definition) is 0. The van der Waals surface area contributed by atoms with Crippen molar-refractivity contribution in [3.8, 4) is 0 Å². The van der Waals surface area contributed by atoms with Gasteiger partial charge in [0.2, 0.25) is 0 Å². The lowest BCUT2D eigenvalue weighted by molar-refractivity contribution is 0.594. The van der Waals surface area contributed by atoms with Crippen molar-refractivity contribution >= 4 is 34.8 Å². The smallest absolute Gasteiger partial charge is 0.260 e. The van der Waals surface area contributed by atoms with E-state index in [1.54, 1.807) is 41.2 Å². The Morgan fingerprint density at radius 1 is 1.38 bits per heavy atom. The van der Waals surface area contributed by atoms with E-state index in [2.05, 4.69) is 11.6 Å². The van der Waals surface area contributed by atoms with Crippen LogP contribution in [0.3, 0.4) is 0 Å². The van der Waals surface area contributed by atoms with Gasteiger partial charge in [0.15, 0.2) is 5.57 Å². The molecular weight excluding hydrogens is 243 g/mol. The summed E-state index contributed by atoms with van der Waals surface area (Å²) >= 11 is 6.14. The van der Waals surface area contributed by atoms with Gasteiger partial charge in [0, 0.05) is 23.9 Å². The van der Waals surface area contributed by atoms with Crippen LogP contribution >= 0.6 is 17.7 Å². The van der Waals surface area contributed by atoms with Crippen molar-refractivity contribution in [1.82, 2.24) is 9.55 Å². The maximum absolute atomic E-state index is 12.5. The van der Waals surface area contributed by atoms with E-state index < -0.39 is 6.49 Å². The zero-order chi connectivity index (χ0) is 11.6. The van der Waals surface area contributed by atoms with E-state index >= 15 is 0 Å². The van der Waals surface area contributed by atoms with Gasteiger partial charge in [-0.2, -0.15) is 0 Å². The Kier molecular flexibility index (Phi) is 2.99. The summed E-state index contributed by atoms with van der Waals surface area (Å²) in [4.78, 5) is 4.03. The second kappa shape index (κ2) is 4.28. The Labute approximate surface area is 98.6 Å². The van der Waals surface area contributed by atoms with Crippen LogP contribution in [0.5, 0.6) is 0 Å². The Hall–Kier alpha value is -1.31. The number of imidazole rings is 1. The lowest BCUT2D eigenvalue weighted by atomic mass is 10.4. The molecule has 0 saturated heterocycles. The van der Waals surface area contributed by atoms with E-state index in [9.17, 15) is 4.57 Å². The molecule has 0 radical (unpaired) electrons. The molecule has 1 unspecified atom stereocenters. The van der Waals surface area contributed by atoms with E-state index in [0.717, 1.165) is 0 Å². The summed E-state index contributed by atoms with van der Waals surface area (Å²) in [5.74, 6) is 0. The SMILES string of the molecule is C=Cn1ccnc1P(=O)(Cl)c1ccccc1. The van der Waals surface area contributed by atoms with Gasteiger partial charge in [-0.1, -0.05) is 24.8 Å². The molecule has 1 aromatic heterocycles. The highest BCUT2D eigenvalue weighted by Gasteiger charge is 2.28. The molecule has 82 valence electrons. The first-order valence-corrected chi connectivity index (χ1v) is 7.28. The highest BCUT2D eigenvalue weighted by molar-refractivity contribution is 8.00. The summed E-state index contributed by atoms with van der Waals surface area (Å²) in [7, 11) is 0. The lowest BCUT2D eigenvalue weighted by Crippen LogP contribution is -2.19. The predicted molar refractivity (Wildman–Crippen MR) is 67.8 cm³/mol. The Bertz CT molecular complexity index is 550. The monoisotopic (exact) mass is 252 g/mol. The number of aromatic nitrogens is 2. The zero-order valence-electron chi connectivity index (χ0n) is 8.45. The van der Waals surface area contributed by atoms with Crippen LogP contribution in [0.25, 0.3) is 6.20 Å². The van der Waals surface area contributed by atoms with Crippen LogP contribution in [-0.2, 0) is 4.57 Å². The minimum absolute atomic E-state index is 0.329. The largest absolute Gasteiger partial charge is 0.304 e. The molecule has 1 atom stereocenters. The number of hydrogen-bond acceptors (Lipinski definition) is 2. The summed E-state index contributed by atoms with van der Waals surface area (Å²) in [5.41, 5.74) is 0.329. The standard InChI is InChI=1S/C11H10ClN2OP/c1-2-14-9-8-13-11(14)16(12,15)10-6-4-3-5-7-10/h2-9H,1H2. The molecule has 0 amide bonds. The van der Waals surface area contributed by atoms with Crippen molar-refractivity contribution in [2.45, 2.75) is 0 Å². The molecule has 1 aromatic carbocycles. The van der Waals surface area contributed by atoms with Crippen LogP contribution in [0.1, 0.15) is 0 Å². The second-order valence-electron chi connectivity index (χ2n) is 3.19. The van der Waals surface area contributed by atoms with Crippen LogP contribution in [0.2, 0.25) is 0 Å². The molecular formula is C11H10ClN2OP. The maximum Gasteiger partial charge on any atom is 0.260 e. The van der Waals surface area contributed by atoms with Crippen LogP contribution in [-0.4, -0.2) is 9.55 Å². The Morgan fingerprint density at radius 3 is 2.69 bits per heavy atom. The highest BCUT2D eigenvalue weighted by Crippen LogP contribution is 2.47. The average molecular weight is 253 g/mol. The molecule has 16 heavy (non-hydrogen) atoms. The molecule has 1 heterocycles. The quantitative estimate of drug-likeness (QED) is 0.787. The van der Waals surface area contributed by atoms with Crippen molar-refractivity contribution < 1.29 is 4.57 Å². The molecule has 5 heteroatoms. The highest BCUT2D eigenvalue weighted by atomic mass is 35.7. The van der Waals surface area contributed by atoms with Gasteiger partial charge in [-0.15, -0.1) is 0 Å². The molecule has 0 N–H and O–H groups in total. The van der Waals surface area contributed by atoms with Gasteiger partial charge in [0.25, 0.3) is 6.49 Å². The molecule has 0 bridgehead atoms. The maximum atomic E-state index is 12.5. The van der Waals surface area contributed by atoms with E-state index in [0.29, 0.717) is 10.9 Å². The topological polar surface area (TPSA) is 34.9 Å². The van der Waals surface area contributed by atoms with E-state index in [1.165, 1.54) is 6.20 Å². The third kappa shape index (κ3) is 1.84. The van der Waals surface area contributed by atoms with Crippen molar-refractivity contribution in [2.24, 2.45) is 0 Å². The first-order valence-electron chi connectivity index (χ1n) is 4.67. The first kappa shape index (κ1) is 11.2. The van der Waals surface area contributed by atoms with Crippen molar-refractivity contribution in [3.63, 3.8) is 0 Å². The molecule has 0 aliphatic rings. The van der Waals surface area contributed by atoms with Gasteiger partial charge in [0.05, 0.1) is 0 Å². The third-order valence-electron chi connectivity index (χ3n) is 2.19. The number of halogens is 1. The van der Waals surface area contributed by atoms with Crippen molar-refractivity contribution in [3.05, 3.63) is 49.3 Å². The molecule has 0 saturated carbocycles. The molecule has 0 aliphatic heterocycles. The fourth-order valence-corrected chi connectivity index (χ4v) is 3.58. The fourth-order valence-electron chi connectivity index (χ4n) is 1.41. The van der Waals surface area contributed by atoms with Gasteiger partial charge in [-0.25, -0.2) is 4.98 Å². The number of nitrogens with zero attached hydrogens (tertiary/aromatic N) is 2. The minimum atomic E-state index is -3.15. The molecule has 2 aromatic rings. The fraction of sp³-hybridized carbons (Fsp3) is 0. The van der Waals surface area contributed by atoms with Crippen LogP contribution in [0.15, 0.2) is 49.3 Å². The van der Waals surface area contributed by atoms with Gasteiger partial charge >= 0.3 is 0 Å². The Morgan fingerprint density at radius 2 is 2.06 bits per heavy atom. The Balaban J connectivity index is 2.56. The molecule has 0 spiro atoms. The summed E-state index contributed by atoms with van der Waals surface area (Å²) < 4.78 is 14.1. The van der Waals surface area contributed by atoms with Gasteiger partial charge in [-0.3, -0.25) is 4.57 Å². The van der Waals surface area contributed by atoms with Crippen molar-refractivity contribution in [2.75, 3.05) is 0 Å². The second-order valence-corrected chi connectivity index (χ2v) is 6.59. The molecule has 0 aliphatic carbocycles. The normalized spacial score (nSPS) is 14.3. The molecule has 0 fully saturated rings. The molecule has 2 rings (SSSR count). The van der Waals surface area contributed by atoms with Crippen LogP contribution in [0.4, 0.5) is 0 Å². The first-order chi connectivity index (χ1) is 7.66. The predicted octanol–water partition coefficient (Wildman–Crippen LogP) is 2.45. The lowest BCUT2D eigenvalue weighted by Gasteiger charge is -2.10. The van der Waals surface area contributed by atoms with Gasteiger partial charge in [-0.05, 0) is 23.4 Å². The van der Waals surface area contributed by atoms with E-state index in [1.807, 2.05) is 6.07 Å². The zero-order valence-corrected chi connectivity index (χ0v) is 10.1. The van der Waals surface area contributed by atoms with Gasteiger partial charge in [0.1, 0.15) is 0 Å². The number of benzene rings is 1. The summed E-state index contributed by atoms with van der Waals surface area (Å²) in [6, 6.07) is 8.91. The van der Waals surface area contributed by atoms with Gasteiger partial charge < -0.3 is 4.57 Å². The van der Waals surface area contributed by atoms with Crippen LogP contribution < -0.4 is 10.9 Å². The average Bonchev–Trinajstić information content (AvgIpc) is 2.79. The van der Waals surface area contributed by atoms with E-state index in [4.69, 9.17) is 11.2 Å². The minimum Gasteiger partial charge on any atom is -0.304 e. The van der Waals surface area contributed by atoms with E-state index in [-0.39, 0.29) is 0 Å². The third-order valence-corrected chi connectivity index (χ3v) is 5.05. The molecule has 3 nitrogen and oxygen atoms in total. The summed E-state index contributed by atoms with van der Waals surface area (Å²) in [6.07, 6.45) is 4.75. The number of rotatable bonds is 3. The van der Waals surface area contributed by atoms with Crippen molar-refractivity contribution in [1.29, 1.82) is 0 Å². The summed E-state index contributed by atoms with van der Waals surface area (Å²) in [5, 5.41) is 0.575. The summed E-state index contributed by atoms with van der Waals surface area (Å²) in [6.45, 7) is 0.463. The van der Waals surface area contributed by atoms with Crippen LogP contribution in [0, 0.1) is 0 Å².